The van der Waals surface area contributed by atoms with E-state index in [-0.39, 0.29) is 24.1 Å². The van der Waals surface area contributed by atoms with Crippen molar-refractivity contribution >= 4 is 22.0 Å². The number of H-pyrrole nitrogens is 1. The van der Waals surface area contributed by atoms with Crippen molar-refractivity contribution in [1.82, 2.24) is 19.9 Å². The molecule has 1 saturated heterocycles. The van der Waals surface area contributed by atoms with E-state index in [1.165, 1.54) is 11.0 Å². The highest BCUT2D eigenvalue weighted by Crippen LogP contribution is 2.30. The van der Waals surface area contributed by atoms with E-state index in [1.54, 1.807) is 6.92 Å². The highest BCUT2D eigenvalue weighted by molar-refractivity contribution is 7.89. The van der Waals surface area contributed by atoms with Gasteiger partial charge in [-0.25, -0.2) is 22.3 Å². The third kappa shape index (κ3) is 6.43. The maximum absolute atomic E-state index is 14.0. The number of urea groups is 1. The fourth-order valence-electron chi connectivity index (χ4n) is 3.08. The Morgan fingerprint density at radius 2 is 2.07 bits per heavy atom. The smallest absolute Gasteiger partial charge is 0.324 e. The van der Waals surface area contributed by atoms with Gasteiger partial charge in [0.1, 0.15) is 6.54 Å². The number of hydrogen-bond donors (Lipinski definition) is 3. The molecular weight excluding hydrogens is 403 g/mol. The molecule has 0 aromatic carbocycles. The monoisotopic (exact) mass is 430 g/mol. The first-order chi connectivity index (χ1) is 13.7. The zero-order chi connectivity index (χ0) is 21.0. The Morgan fingerprint density at radius 1 is 1.31 bits per heavy atom. The van der Waals surface area contributed by atoms with E-state index in [4.69, 9.17) is 4.74 Å². The molecule has 2 heterocycles. The maximum atomic E-state index is 14.0. The number of aromatic amines is 1. The number of nitrogens with zero attached hydrogens (tertiary/aromatic N) is 1. The number of ether oxygens (including phenoxy) is 1. The number of imide groups is 1. The molecule has 0 spiro atoms. The molecule has 3 amide bonds. The standard InChI is InChI=1S/C18H27FN4O5S/c1-12(15-9-14(19)17(20-15)28-11-13-5-6-13)22-29(26,27)8-4-2-3-7-23-10-16(24)21-18(23)25/h9,12-13,20,22H,2-8,10-11H2,1H3,(H,21,24,25)/t12-/m1/s1. The quantitative estimate of drug-likeness (QED) is 0.344. The summed E-state index contributed by atoms with van der Waals surface area (Å²) >= 11 is 0. The van der Waals surface area contributed by atoms with E-state index in [0.717, 1.165) is 12.8 Å². The number of hydrogen-bond acceptors (Lipinski definition) is 5. The number of nitrogens with one attached hydrogen (secondary N) is 3. The van der Waals surface area contributed by atoms with Gasteiger partial charge >= 0.3 is 6.03 Å². The molecule has 1 aromatic heterocycles. The average Bonchev–Trinajstić information content (AvgIpc) is 3.31. The van der Waals surface area contributed by atoms with E-state index in [2.05, 4.69) is 15.0 Å². The van der Waals surface area contributed by atoms with Crippen LogP contribution in [0.25, 0.3) is 0 Å². The number of carbonyl (C=O) groups is 2. The minimum Gasteiger partial charge on any atom is -0.477 e. The zero-order valence-electron chi connectivity index (χ0n) is 16.4. The summed E-state index contributed by atoms with van der Waals surface area (Å²) in [6.07, 6.45) is 3.81. The number of rotatable bonds is 12. The Hall–Kier alpha value is -2.14. The van der Waals surface area contributed by atoms with Gasteiger partial charge in [-0.1, -0.05) is 6.42 Å². The molecule has 29 heavy (non-hydrogen) atoms. The molecule has 9 nitrogen and oxygen atoms in total. The van der Waals surface area contributed by atoms with Gasteiger partial charge in [0.05, 0.1) is 18.4 Å². The molecule has 2 fully saturated rings. The lowest BCUT2D eigenvalue weighted by Crippen LogP contribution is -2.30. The van der Waals surface area contributed by atoms with Crippen LogP contribution in [0, 0.1) is 11.7 Å². The molecule has 1 atom stereocenters. The van der Waals surface area contributed by atoms with E-state index in [9.17, 15) is 22.4 Å². The molecule has 11 heteroatoms. The number of unbranched alkanes of at least 4 members (excludes halogenated alkanes) is 2. The van der Waals surface area contributed by atoms with Crippen LogP contribution in [0.2, 0.25) is 0 Å². The molecule has 0 unspecified atom stereocenters. The van der Waals surface area contributed by atoms with Crippen molar-refractivity contribution in [2.24, 2.45) is 5.92 Å². The van der Waals surface area contributed by atoms with Crippen LogP contribution in [-0.4, -0.2) is 55.7 Å². The summed E-state index contributed by atoms with van der Waals surface area (Å²) in [6, 6.07) is 0.224. The summed E-state index contributed by atoms with van der Waals surface area (Å²) in [6.45, 7) is 2.56. The van der Waals surface area contributed by atoms with Gasteiger partial charge in [0.25, 0.3) is 0 Å². The Balaban J connectivity index is 1.38. The molecule has 2 aliphatic rings. The molecular formula is C18H27FN4O5S. The van der Waals surface area contributed by atoms with Gasteiger partial charge in [0, 0.05) is 18.3 Å². The van der Waals surface area contributed by atoms with Crippen LogP contribution >= 0.6 is 0 Å². The molecule has 1 saturated carbocycles. The van der Waals surface area contributed by atoms with Crippen molar-refractivity contribution in [3.8, 4) is 5.88 Å². The lowest BCUT2D eigenvalue weighted by molar-refractivity contribution is -0.118. The first kappa shape index (κ1) is 21.6. The van der Waals surface area contributed by atoms with Crippen LogP contribution < -0.4 is 14.8 Å². The Bertz CT molecular complexity index is 852. The van der Waals surface area contributed by atoms with Crippen molar-refractivity contribution in [2.45, 2.75) is 45.1 Å². The zero-order valence-corrected chi connectivity index (χ0v) is 17.2. The highest BCUT2D eigenvalue weighted by Gasteiger charge is 2.26. The molecule has 1 aromatic rings. The lowest BCUT2D eigenvalue weighted by atomic mass is 10.2. The molecule has 0 bridgehead atoms. The van der Waals surface area contributed by atoms with Crippen LogP contribution in [0.5, 0.6) is 5.88 Å². The second-order valence-electron chi connectivity index (χ2n) is 7.65. The summed E-state index contributed by atoms with van der Waals surface area (Å²) in [7, 11) is -3.55. The Kier molecular flexibility index (Phi) is 6.78. The van der Waals surface area contributed by atoms with Crippen molar-refractivity contribution < 1.29 is 27.1 Å². The third-order valence-corrected chi connectivity index (χ3v) is 6.49. The lowest BCUT2D eigenvalue weighted by Gasteiger charge is -2.14. The molecule has 3 rings (SSSR count). The van der Waals surface area contributed by atoms with Crippen LogP contribution in [0.3, 0.4) is 0 Å². The van der Waals surface area contributed by atoms with Crippen LogP contribution in [-0.2, 0) is 14.8 Å². The number of sulfonamides is 1. The number of halogens is 1. The fourth-order valence-corrected chi connectivity index (χ4v) is 4.45. The van der Waals surface area contributed by atoms with E-state index >= 15 is 0 Å². The summed E-state index contributed by atoms with van der Waals surface area (Å²) in [5.41, 5.74) is 0.404. The van der Waals surface area contributed by atoms with E-state index in [1.807, 2.05) is 0 Å². The minimum atomic E-state index is -3.55. The summed E-state index contributed by atoms with van der Waals surface area (Å²) in [5.74, 6) is -0.398. The van der Waals surface area contributed by atoms with Crippen molar-refractivity contribution in [1.29, 1.82) is 0 Å². The first-order valence-corrected chi connectivity index (χ1v) is 11.5. The second-order valence-corrected chi connectivity index (χ2v) is 9.52. The average molecular weight is 431 g/mol. The van der Waals surface area contributed by atoms with E-state index < -0.39 is 27.9 Å². The molecule has 1 aliphatic carbocycles. The summed E-state index contributed by atoms with van der Waals surface area (Å²) < 4.78 is 46.4. The van der Waals surface area contributed by atoms with Gasteiger partial charge in [0.15, 0.2) is 5.82 Å². The van der Waals surface area contributed by atoms with Crippen LogP contribution in [0.4, 0.5) is 9.18 Å². The largest absolute Gasteiger partial charge is 0.477 e. The second kappa shape index (κ2) is 9.12. The van der Waals surface area contributed by atoms with Crippen molar-refractivity contribution in [3.63, 3.8) is 0 Å². The number of aromatic nitrogens is 1. The predicted octanol–water partition coefficient (Wildman–Crippen LogP) is 1.65. The Labute approximate surface area is 169 Å². The summed E-state index contributed by atoms with van der Waals surface area (Å²) in [4.78, 5) is 26.7. The fraction of sp³-hybridized carbons (Fsp3) is 0.667. The molecule has 3 N–H and O–H groups in total. The topological polar surface area (TPSA) is 121 Å². The predicted molar refractivity (Wildman–Crippen MR) is 103 cm³/mol. The third-order valence-electron chi connectivity index (χ3n) is 4.95. The van der Waals surface area contributed by atoms with Crippen molar-refractivity contribution in [3.05, 3.63) is 17.6 Å². The highest BCUT2D eigenvalue weighted by atomic mass is 32.2. The van der Waals surface area contributed by atoms with Gasteiger partial charge in [-0.05, 0) is 38.5 Å². The van der Waals surface area contributed by atoms with Gasteiger partial charge in [-0.15, -0.1) is 0 Å². The SMILES string of the molecule is C[C@@H](NS(=O)(=O)CCCCCN1CC(=O)NC1=O)c1cc(F)c(OCC2CC2)[nH]1. The molecule has 1 aliphatic heterocycles. The molecule has 162 valence electrons. The van der Waals surface area contributed by atoms with Gasteiger partial charge in [-0.3, -0.25) is 10.1 Å². The minimum absolute atomic E-state index is 0.0439. The van der Waals surface area contributed by atoms with Crippen molar-refractivity contribution in [2.75, 3.05) is 25.4 Å². The number of amides is 3. The van der Waals surface area contributed by atoms with E-state index in [0.29, 0.717) is 44.0 Å². The number of carbonyl (C=O) groups excluding carboxylic acids is 2. The molecule has 0 radical (unpaired) electrons. The van der Waals surface area contributed by atoms with Gasteiger partial charge in [-0.2, -0.15) is 0 Å². The Morgan fingerprint density at radius 3 is 2.72 bits per heavy atom. The normalized spacial score (nSPS) is 18.2. The van der Waals surface area contributed by atoms with Crippen LogP contribution in [0.15, 0.2) is 6.07 Å². The maximum Gasteiger partial charge on any atom is 0.324 e. The van der Waals surface area contributed by atoms with Gasteiger partial charge < -0.3 is 14.6 Å². The first-order valence-electron chi connectivity index (χ1n) is 9.83. The summed E-state index contributed by atoms with van der Waals surface area (Å²) in [5, 5.41) is 2.19. The van der Waals surface area contributed by atoms with Crippen LogP contribution in [0.1, 0.15) is 50.8 Å². The van der Waals surface area contributed by atoms with Gasteiger partial charge in [0.2, 0.25) is 21.8 Å².